The lowest BCUT2D eigenvalue weighted by atomic mass is 9.76. The average Bonchev–Trinajstić information content (AvgIpc) is 3.09. The largest absolute Gasteiger partial charge is 0.508 e. The molecule has 0 spiro atoms. The average molecular weight is 351 g/mol. The summed E-state index contributed by atoms with van der Waals surface area (Å²) < 4.78 is 6.06. The van der Waals surface area contributed by atoms with Gasteiger partial charge in [-0.3, -0.25) is 0 Å². The Morgan fingerprint density at radius 3 is 2.77 bits per heavy atom. The Morgan fingerprint density at radius 2 is 2.00 bits per heavy atom. The van der Waals surface area contributed by atoms with Gasteiger partial charge in [-0.2, -0.15) is 0 Å². The topological polar surface area (TPSA) is 61.7 Å². The van der Waals surface area contributed by atoms with Crippen LogP contribution in [-0.4, -0.2) is 16.8 Å². The molecule has 1 heterocycles. The summed E-state index contributed by atoms with van der Waals surface area (Å²) in [7, 11) is 0. The van der Waals surface area contributed by atoms with Gasteiger partial charge in [0.1, 0.15) is 17.2 Å². The highest BCUT2D eigenvalue weighted by atomic mass is 16.5. The van der Waals surface area contributed by atoms with Gasteiger partial charge in [0.15, 0.2) is 0 Å². The number of para-hydroxylation sites is 1. The van der Waals surface area contributed by atoms with Gasteiger partial charge in [-0.25, -0.2) is 0 Å². The SMILES string of the molecule is CC(C)COc1cccc2c1NC(c1ccc(O)cc1O)C1CC=CC21. The number of fused-ring (bicyclic) bond motifs is 3. The second-order valence-corrected chi connectivity index (χ2v) is 7.64. The predicted octanol–water partition coefficient (Wildman–Crippen LogP) is 4.96. The highest BCUT2D eigenvalue weighted by molar-refractivity contribution is 5.68. The van der Waals surface area contributed by atoms with Crippen molar-refractivity contribution in [2.45, 2.75) is 32.2 Å². The van der Waals surface area contributed by atoms with Gasteiger partial charge in [0, 0.05) is 17.5 Å². The quantitative estimate of drug-likeness (QED) is 0.682. The lowest BCUT2D eigenvalue weighted by Gasteiger charge is -2.38. The number of hydrogen-bond acceptors (Lipinski definition) is 4. The van der Waals surface area contributed by atoms with E-state index in [9.17, 15) is 10.2 Å². The number of nitrogens with one attached hydrogen (secondary N) is 1. The summed E-state index contributed by atoms with van der Waals surface area (Å²) in [5.74, 6) is 2.13. The van der Waals surface area contributed by atoms with E-state index in [2.05, 4.69) is 43.4 Å². The number of benzene rings is 2. The predicted molar refractivity (Wildman–Crippen MR) is 103 cm³/mol. The van der Waals surface area contributed by atoms with E-state index in [1.807, 2.05) is 6.07 Å². The molecular weight excluding hydrogens is 326 g/mol. The van der Waals surface area contributed by atoms with Crippen LogP contribution in [0.3, 0.4) is 0 Å². The first kappa shape index (κ1) is 16.8. The molecule has 1 aliphatic carbocycles. The van der Waals surface area contributed by atoms with E-state index in [-0.39, 0.29) is 17.5 Å². The van der Waals surface area contributed by atoms with E-state index in [0.717, 1.165) is 23.4 Å². The Balaban J connectivity index is 1.75. The first-order valence-electron chi connectivity index (χ1n) is 9.25. The summed E-state index contributed by atoms with van der Waals surface area (Å²) in [5.41, 5.74) is 3.07. The summed E-state index contributed by atoms with van der Waals surface area (Å²) in [6.45, 7) is 4.93. The molecule has 0 aromatic heterocycles. The summed E-state index contributed by atoms with van der Waals surface area (Å²) in [4.78, 5) is 0. The van der Waals surface area contributed by atoms with E-state index in [1.54, 1.807) is 12.1 Å². The number of ether oxygens (including phenoxy) is 1. The Kier molecular flexibility index (Phi) is 4.27. The lowest BCUT2D eigenvalue weighted by molar-refractivity contribution is 0.270. The molecule has 0 saturated heterocycles. The molecule has 0 bridgehead atoms. The van der Waals surface area contributed by atoms with E-state index >= 15 is 0 Å². The number of anilines is 1. The second-order valence-electron chi connectivity index (χ2n) is 7.64. The van der Waals surface area contributed by atoms with Gasteiger partial charge in [0.25, 0.3) is 0 Å². The molecule has 1 aliphatic heterocycles. The van der Waals surface area contributed by atoms with Crippen molar-refractivity contribution in [1.29, 1.82) is 0 Å². The number of hydrogen-bond donors (Lipinski definition) is 3. The molecule has 2 aliphatic rings. The van der Waals surface area contributed by atoms with Crippen molar-refractivity contribution < 1.29 is 14.9 Å². The highest BCUT2D eigenvalue weighted by Crippen LogP contribution is 2.53. The third kappa shape index (κ3) is 2.90. The van der Waals surface area contributed by atoms with Gasteiger partial charge in [0.2, 0.25) is 0 Å². The fraction of sp³-hybridized carbons (Fsp3) is 0.364. The van der Waals surface area contributed by atoms with Crippen molar-refractivity contribution in [3.05, 3.63) is 59.7 Å². The molecule has 4 nitrogen and oxygen atoms in total. The molecule has 0 fully saturated rings. The minimum Gasteiger partial charge on any atom is -0.508 e. The van der Waals surface area contributed by atoms with Gasteiger partial charge in [-0.15, -0.1) is 0 Å². The zero-order valence-electron chi connectivity index (χ0n) is 15.1. The molecule has 2 aromatic carbocycles. The van der Waals surface area contributed by atoms with Crippen LogP contribution in [0.15, 0.2) is 48.6 Å². The highest BCUT2D eigenvalue weighted by Gasteiger charge is 2.39. The Bertz CT molecular complexity index is 843. The molecule has 0 amide bonds. The van der Waals surface area contributed by atoms with E-state index < -0.39 is 0 Å². The number of aromatic hydroxyl groups is 2. The molecule has 4 rings (SSSR count). The van der Waals surface area contributed by atoms with Crippen LogP contribution < -0.4 is 10.1 Å². The van der Waals surface area contributed by atoms with Crippen LogP contribution in [0.1, 0.15) is 43.4 Å². The van der Waals surface area contributed by atoms with Gasteiger partial charge < -0.3 is 20.3 Å². The first-order valence-corrected chi connectivity index (χ1v) is 9.25. The van der Waals surface area contributed by atoms with E-state index in [1.165, 1.54) is 11.6 Å². The molecule has 0 saturated carbocycles. The fourth-order valence-corrected chi connectivity index (χ4v) is 4.07. The van der Waals surface area contributed by atoms with Crippen LogP contribution in [0.5, 0.6) is 17.2 Å². The Hall–Kier alpha value is -2.62. The van der Waals surface area contributed by atoms with Crippen LogP contribution in [0.25, 0.3) is 0 Å². The second kappa shape index (κ2) is 6.60. The van der Waals surface area contributed by atoms with Crippen molar-refractivity contribution >= 4 is 5.69 Å². The summed E-state index contributed by atoms with van der Waals surface area (Å²) in [5, 5.41) is 23.7. The van der Waals surface area contributed by atoms with E-state index in [4.69, 9.17) is 4.74 Å². The Morgan fingerprint density at radius 1 is 1.15 bits per heavy atom. The number of phenolic OH excluding ortho intramolecular Hbond substituents is 2. The van der Waals surface area contributed by atoms with Gasteiger partial charge >= 0.3 is 0 Å². The number of rotatable bonds is 4. The molecule has 136 valence electrons. The molecule has 4 heteroatoms. The minimum absolute atomic E-state index is 0.0353. The summed E-state index contributed by atoms with van der Waals surface area (Å²) in [6, 6.07) is 11.0. The van der Waals surface area contributed by atoms with Gasteiger partial charge in [-0.05, 0) is 42.0 Å². The molecular formula is C22H25NO3. The maximum atomic E-state index is 10.4. The number of allylic oxidation sites excluding steroid dienone is 2. The summed E-state index contributed by atoms with van der Waals surface area (Å²) in [6.07, 6.45) is 5.44. The van der Waals surface area contributed by atoms with Gasteiger partial charge in [-0.1, -0.05) is 38.1 Å². The zero-order valence-corrected chi connectivity index (χ0v) is 15.1. The lowest BCUT2D eigenvalue weighted by Crippen LogP contribution is -2.29. The molecule has 3 N–H and O–H groups in total. The minimum atomic E-state index is -0.0353. The zero-order chi connectivity index (χ0) is 18.3. The number of phenols is 2. The maximum Gasteiger partial charge on any atom is 0.142 e. The van der Waals surface area contributed by atoms with Crippen molar-refractivity contribution in [2.75, 3.05) is 11.9 Å². The van der Waals surface area contributed by atoms with Crippen LogP contribution in [0.4, 0.5) is 5.69 Å². The molecule has 2 aromatic rings. The third-order valence-corrected chi connectivity index (χ3v) is 5.28. The van der Waals surface area contributed by atoms with Crippen LogP contribution in [-0.2, 0) is 0 Å². The van der Waals surface area contributed by atoms with Crippen molar-refractivity contribution in [1.82, 2.24) is 0 Å². The van der Waals surface area contributed by atoms with Crippen molar-refractivity contribution in [3.63, 3.8) is 0 Å². The smallest absolute Gasteiger partial charge is 0.142 e. The normalized spacial score (nSPS) is 23.4. The third-order valence-electron chi connectivity index (χ3n) is 5.28. The van der Waals surface area contributed by atoms with Crippen LogP contribution in [0, 0.1) is 11.8 Å². The van der Waals surface area contributed by atoms with E-state index in [0.29, 0.717) is 24.4 Å². The standard InChI is InChI=1S/C22H25NO3/c1-13(2)12-26-20-8-4-7-17-15-5-3-6-16(15)21(23-22(17)20)18-10-9-14(24)11-19(18)25/h3-5,7-11,13,15-16,21,23-25H,6,12H2,1-2H3. The van der Waals surface area contributed by atoms with Gasteiger partial charge in [0.05, 0.1) is 18.3 Å². The van der Waals surface area contributed by atoms with Crippen molar-refractivity contribution in [2.24, 2.45) is 11.8 Å². The monoisotopic (exact) mass is 351 g/mol. The molecule has 3 unspecified atom stereocenters. The molecule has 0 radical (unpaired) electrons. The molecule has 26 heavy (non-hydrogen) atoms. The van der Waals surface area contributed by atoms with Crippen LogP contribution in [0.2, 0.25) is 0 Å². The van der Waals surface area contributed by atoms with Crippen LogP contribution >= 0.6 is 0 Å². The first-order chi connectivity index (χ1) is 12.5. The fourth-order valence-electron chi connectivity index (χ4n) is 4.07. The maximum absolute atomic E-state index is 10.4. The summed E-state index contributed by atoms with van der Waals surface area (Å²) >= 11 is 0. The van der Waals surface area contributed by atoms with Crippen molar-refractivity contribution in [3.8, 4) is 17.2 Å². The molecule has 3 atom stereocenters. The Labute approximate surface area is 154 Å².